The summed E-state index contributed by atoms with van der Waals surface area (Å²) in [5.74, 6) is -0.0303. The molecule has 200 valence electrons. The summed E-state index contributed by atoms with van der Waals surface area (Å²) in [6.07, 6.45) is 16.4. The summed E-state index contributed by atoms with van der Waals surface area (Å²) >= 11 is 0. The van der Waals surface area contributed by atoms with Gasteiger partial charge in [0.1, 0.15) is 6.04 Å². The highest BCUT2D eigenvalue weighted by molar-refractivity contribution is 5.93. The maximum absolute atomic E-state index is 13.0. The Balaban J connectivity index is 1.36. The van der Waals surface area contributed by atoms with E-state index < -0.39 is 0 Å². The van der Waals surface area contributed by atoms with Crippen molar-refractivity contribution in [2.24, 2.45) is 5.18 Å². The molecule has 2 bridgehead atoms. The highest BCUT2D eigenvalue weighted by Gasteiger charge is 2.39. The third kappa shape index (κ3) is 6.21. The predicted molar refractivity (Wildman–Crippen MR) is 148 cm³/mol. The van der Waals surface area contributed by atoms with Crippen molar-refractivity contribution in [2.75, 3.05) is 32.7 Å². The van der Waals surface area contributed by atoms with E-state index in [2.05, 4.69) is 50.5 Å². The molecule has 0 spiro atoms. The number of carbonyl (C=O) groups is 1. The molecule has 7 heteroatoms. The van der Waals surface area contributed by atoms with Crippen molar-refractivity contribution in [3.8, 4) is 0 Å². The fraction of sp³-hybridized carbons (Fsp3) is 0.633. The number of likely N-dealkylation sites (tertiary alicyclic amines) is 1. The summed E-state index contributed by atoms with van der Waals surface area (Å²) in [4.78, 5) is 29.8. The standard InChI is InChI=1S/C30H43N5O2/c1-2-17-35-27-14-15-28(35)22-33(20-16-27)29(25-8-7-9-26(21-25)32-37)23-10-12-24(13-11-23)30(36)31-34-18-5-3-4-6-19-34/h7-13,26-29H,2-6,14-22H2,1H3,(H,31,36). The Hall–Kier alpha value is -2.35. The molecule has 1 N–H and O–H groups in total. The number of hydrazine groups is 1. The molecular formula is C30H43N5O2. The Morgan fingerprint density at radius 3 is 2.51 bits per heavy atom. The molecule has 4 atom stereocenters. The van der Waals surface area contributed by atoms with E-state index in [9.17, 15) is 9.70 Å². The fourth-order valence-corrected chi connectivity index (χ4v) is 6.88. The summed E-state index contributed by atoms with van der Waals surface area (Å²) in [5, 5.41) is 5.43. The average Bonchev–Trinajstić information content (AvgIpc) is 3.05. The van der Waals surface area contributed by atoms with Gasteiger partial charge in [0.05, 0.1) is 6.04 Å². The molecule has 0 radical (unpaired) electrons. The van der Waals surface area contributed by atoms with Gasteiger partial charge in [-0.1, -0.05) is 55.3 Å². The molecule has 4 unspecified atom stereocenters. The molecule has 3 saturated heterocycles. The van der Waals surface area contributed by atoms with Gasteiger partial charge in [0.15, 0.2) is 0 Å². The van der Waals surface area contributed by atoms with Gasteiger partial charge in [-0.05, 0) is 74.8 Å². The summed E-state index contributed by atoms with van der Waals surface area (Å²) in [7, 11) is 0. The van der Waals surface area contributed by atoms with Crippen LogP contribution in [0.5, 0.6) is 0 Å². The van der Waals surface area contributed by atoms with Crippen LogP contribution in [0.25, 0.3) is 0 Å². The van der Waals surface area contributed by atoms with Crippen LogP contribution >= 0.6 is 0 Å². The van der Waals surface area contributed by atoms with Gasteiger partial charge in [0, 0.05) is 43.8 Å². The van der Waals surface area contributed by atoms with E-state index in [-0.39, 0.29) is 18.0 Å². The number of amides is 1. The van der Waals surface area contributed by atoms with Crippen LogP contribution in [-0.4, -0.2) is 71.6 Å². The summed E-state index contributed by atoms with van der Waals surface area (Å²) < 4.78 is 0. The molecule has 0 saturated carbocycles. The highest BCUT2D eigenvalue weighted by atomic mass is 16.3. The van der Waals surface area contributed by atoms with Crippen LogP contribution in [0.2, 0.25) is 0 Å². The lowest BCUT2D eigenvalue weighted by Gasteiger charge is -2.36. The molecular weight excluding hydrogens is 462 g/mol. The van der Waals surface area contributed by atoms with E-state index in [1.54, 1.807) is 0 Å². The Labute approximate surface area is 221 Å². The second-order valence-corrected chi connectivity index (χ2v) is 11.3. The summed E-state index contributed by atoms with van der Waals surface area (Å²) in [5.41, 5.74) is 6.25. The zero-order valence-electron chi connectivity index (χ0n) is 22.4. The minimum atomic E-state index is -0.304. The predicted octanol–water partition coefficient (Wildman–Crippen LogP) is 5.22. The first kappa shape index (κ1) is 26.3. The second-order valence-electron chi connectivity index (χ2n) is 11.3. The van der Waals surface area contributed by atoms with Crippen molar-refractivity contribution < 1.29 is 4.79 Å². The van der Waals surface area contributed by atoms with Gasteiger partial charge in [-0.15, -0.1) is 0 Å². The van der Waals surface area contributed by atoms with Gasteiger partial charge in [0.25, 0.3) is 5.91 Å². The summed E-state index contributed by atoms with van der Waals surface area (Å²) in [6, 6.07) is 9.25. The maximum atomic E-state index is 13.0. The van der Waals surface area contributed by atoms with Crippen LogP contribution in [-0.2, 0) is 0 Å². The first-order chi connectivity index (χ1) is 18.2. The smallest absolute Gasteiger partial charge is 0.265 e. The van der Waals surface area contributed by atoms with Crippen molar-refractivity contribution >= 4 is 5.91 Å². The lowest BCUT2D eigenvalue weighted by molar-refractivity contribution is 0.0794. The maximum Gasteiger partial charge on any atom is 0.265 e. The van der Waals surface area contributed by atoms with Crippen molar-refractivity contribution in [1.29, 1.82) is 0 Å². The monoisotopic (exact) mass is 505 g/mol. The number of hydrogen-bond donors (Lipinski definition) is 1. The molecule has 3 fully saturated rings. The van der Waals surface area contributed by atoms with E-state index in [0.29, 0.717) is 24.1 Å². The number of nitrogens with zero attached hydrogens (tertiary/aromatic N) is 4. The molecule has 1 aromatic rings. The number of hydrogen-bond acceptors (Lipinski definition) is 6. The van der Waals surface area contributed by atoms with Gasteiger partial charge in [-0.2, -0.15) is 4.91 Å². The van der Waals surface area contributed by atoms with Gasteiger partial charge < -0.3 is 0 Å². The fourth-order valence-electron chi connectivity index (χ4n) is 6.88. The molecule has 3 aliphatic heterocycles. The average molecular weight is 506 g/mol. The number of allylic oxidation sites excluding steroid dienone is 2. The second kappa shape index (κ2) is 12.5. The first-order valence-corrected chi connectivity index (χ1v) is 14.5. The molecule has 5 rings (SSSR count). The summed E-state index contributed by atoms with van der Waals surface area (Å²) in [6.45, 7) is 7.39. The van der Waals surface area contributed by atoms with Gasteiger partial charge in [0.2, 0.25) is 0 Å². The van der Waals surface area contributed by atoms with Gasteiger partial charge in [-0.3, -0.25) is 20.0 Å². The normalized spacial score (nSPS) is 28.2. The zero-order valence-corrected chi connectivity index (χ0v) is 22.4. The highest BCUT2D eigenvalue weighted by Crippen LogP contribution is 2.39. The molecule has 7 nitrogen and oxygen atoms in total. The molecule has 0 aromatic heterocycles. The van der Waals surface area contributed by atoms with E-state index in [1.165, 1.54) is 56.2 Å². The number of nitroso groups, excluding NO2 is 1. The van der Waals surface area contributed by atoms with Crippen LogP contribution in [0.3, 0.4) is 0 Å². The number of benzene rings is 1. The third-order valence-electron chi connectivity index (χ3n) is 8.74. The van der Waals surface area contributed by atoms with E-state index >= 15 is 0 Å². The number of nitrogens with one attached hydrogen (secondary N) is 1. The topological polar surface area (TPSA) is 68.2 Å². The Kier molecular flexibility index (Phi) is 8.85. The first-order valence-electron chi connectivity index (χ1n) is 14.5. The Morgan fingerprint density at radius 1 is 1.03 bits per heavy atom. The van der Waals surface area contributed by atoms with Crippen LogP contribution in [0.1, 0.15) is 86.7 Å². The lowest BCUT2D eigenvalue weighted by Crippen LogP contribution is -2.42. The molecule has 1 amide bonds. The minimum absolute atomic E-state index is 0.0303. The van der Waals surface area contributed by atoms with Crippen LogP contribution in [0, 0.1) is 4.91 Å². The molecule has 4 aliphatic rings. The van der Waals surface area contributed by atoms with Crippen LogP contribution in [0.4, 0.5) is 0 Å². The molecule has 3 heterocycles. The SMILES string of the molecule is CCCN1C2CCC1CN(C(C1=CC=CC(N=O)C1)c1ccc(C(=O)NN3CCCCCC3)cc1)CC2. The quantitative estimate of drug-likeness (QED) is 0.491. The van der Waals surface area contributed by atoms with Gasteiger partial charge in [-0.25, -0.2) is 5.01 Å². The van der Waals surface area contributed by atoms with Gasteiger partial charge >= 0.3 is 0 Å². The van der Waals surface area contributed by atoms with Crippen LogP contribution in [0.15, 0.2) is 53.2 Å². The van der Waals surface area contributed by atoms with E-state index in [0.717, 1.165) is 39.0 Å². The van der Waals surface area contributed by atoms with Crippen molar-refractivity contribution in [2.45, 2.75) is 88.9 Å². The number of carbonyl (C=O) groups excluding carboxylic acids is 1. The lowest BCUT2D eigenvalue weighted by atomic mass is 9.88. The van der Waals surface area contributed by atoms with Crippen LogP contribution < -0.4 is 5.43 Å². The van der Waals surface area contributed by atoms with Crippen molar-refractivity contribution in [3.05, 3.63) is 64.1 Å². The van der Waals surface area contributed by atoms with Crippen molar-refractivity contribution in [3.63, 3.8) is 0 Å². The third-order valence-corrected chi connectivity index (χ3v) is 8.74. The Bertz CT molecular complexity index is 982. The molecule has 1 aromatic carbocycles. The zero-order chi connectivity index (χ0) is 25.6. The number of fused-ring (bicyclic) bond motifs is 2. The van der Waals surface area contributed by atoms with E-state index in [4.69, 9.17) is 0 Å². The van der Waals surface area contributed by atoms with Crippen molar-refractivity contribution in [1.82, 2.24) is 20.2 Å². The Morgan fingerprint density at radius 2 is 1.78 bits per heavy atom. The van der Waals surface area contributed by atoms with E-state index in [1.807, 2.05) is 24.3 Å². The number of rotatable bonds is 8. The minimum Gasteiger partial charge on any atom is -0.296 e. The molecule has 37 heavy (non-hydrogen) atoms. The largest absolute Gasteiger partial charge is 0.296 e. The molecule has 1 aliphatic carbocycles.